The van der Waals surface area contributed by atoms with Crippen molar-refractivity contribution in [2.75, 3.05) is 19.4 Å². The SMILES string of the molecule is Cc1cccc2c1OCCCC2NCC(C)(C)S(C)(=O)=O. The summed E-state index contributed by atoms with van der Waals surface area (Å²) in [5, 5.41) is 3.43. The normalized spacial score (nSPS) is 19.5. The lowest BCUT2D eigenvalue weighted by Crippen LogP contribution is -2.42. The third-order valence-electron chi connectivity index (χ3n) is 4.28. The molecule has 0 amide bonds. The van der Waals surface area contributed by atoms with Gasteiger partial charge in [-0.05, 0) is 39.2 Å². The van der Waals surface area contributed by atoms with Crippen LogP contribution in [0.4, 0.5) is 0 Å². The lowest BCUT2D eigenvalue weighted by atomic mass is 9.99. The van der Waals surface area contributed by atoms with Gasteiger partial charge in [-0.2, -0.15) is 0 Å². The summed E-state index contributed by atoms with van der Waals surface area (Å²) in [5.41, 5.74) is 2.26. The predicted octanol–water partition coefficient (Wildman–Crippen LogP) is 2.62. The Labute approximate surface area is 127 Å². The molecule has 1 heterocycles. The first kappa shape index (κ1) is 16.3. The highest BCUT2D eigenvalue weighted by Crippen LogP contribution is 2.34. The molecule has 1 aromatic carbocycles. The number of hydrogen-bond acceptors (Lipinski definition) is 4. The second-order valence-corrected chi connectivity index (χ2v) is 9.10. The Morgan fingerprint density at radius 3 is 2.76 bits per heavy atom. The maximum Gasteiger partial charge on any atom is 0.153 e. The van der Waals surface area contributed by atoms with Crippen LogP contribution in [0, 0.1) is 6.92 Å². The van der Waals surface area contributed by atoms with Gasteiger partial charge in [-0.3, -0.25) is 0 Å². The van der Waals surface area contributed by atoms with Gasteiger partial charge in [0.1, 0.15) is 5.75 Å². The molecule has 1 atom stereocenters. The van der Waals surface area contributed by atoms with E-state index in [2.05, 4.69) is 11.4 Å². The molecule has 1 aliphatic rings. The van der Waals surface area contributed by atoms with E-state index in [9.17, 15) is 8.42 Å². The number of rotatable bonds is 4. The van der Waals surface area contributed by atoms with Gasteiger partial charge in [0.25, 0.3) is 0 Å². The van der Waals surface area contributed by atoms with Crippen LogP contribution in [0.3, 0.4) is 0 Å². The van der Waals surface area contributed by atoms with Crippen molar-refractivity contribution in [2.24, 2.45) is 0 Å². The smallest absolute Gasteiger partial charge is 0.153 e. The second-order valence-electron chi connectivity index (χ2n) is 6.45. The van der Waals surface area contributed by atoms with Gasteiger partial charge < -0.3 is 10.1 Å². The van der Waals surface area contributed by atoms with Crippen molar-refractivity contribution in [1.29, 1.82) is 0 Å². The van der Waals surface area contributed by atoms with E-state index in [1.807, 2.05) is 19.1 Å². The highest BCUT2D eigenvalue weighted by Gasteiger charge is 2.31. The Morgan fingerprint density at radius 1 is 1.38 bits per heavy atom. The van der Waals surface area contributed by atoms with Crippen molar-refractivity contribution < 1.29 is 13.2 Å². The van der Waals surface area contributed by atoms with Gasteiger partial charge in [-0.15, -0.1) is 0 Å². The van der Waals surface area contributed by atoms with Crippen LogP contribution < -0.4 is 10.1 Å². The molecule has 0 saturated heterocycles. The molecule has 0 spiro atoms. The summed E-state index contributed by atoms with van der Waals surface area (Å²) in [4.78, 5) is 0. The fourth-order valence-corrected chi connectivity index (χ4v) is 2.82. The van der Waals surface area contributed by atoms with Crippen molar-refractivity contribution in [1.82, 2.24) is 5.32 Å². The van der Waals surface area contributed by atoms with Crippen LogP contribution in [0.5, 0.6) is 5.75 Å². The molecule has 0 aliphatic carbocycles. The van der Waals surface area contributed by atoms with Crippen molar-refractivity contribution in [3.8, 4) is 5.75 Å². The molecule has 1 aliphatic heterocycles. The molecule has 1 N–H and O–H groups in total. The quantitative estimate of drug-likeness (QED) is 0.928. The van der Waals surface area contributed by atoms with E-state index in [0.29, 0.717) is 13.2 Å². The third-order valence-corrected chi connectivity index (χ3v) is 6.43. The molecule has 0 fully saturated rings. The highest BCUT2D eigenvalue weighted by molar-refractivity contribution is 7.92. The van der Waals surface area contributed by atoms with E-state index >= 15 is 0 Å². The van der Waals surface area contributed by atoms with Crippen molar-refractivity contribution in [3.63, 3.8) is 0 Å². The Morgan fingerprint density at radius 2 is 2.10 bits per heavy atom. The molecule has 2 rings (SSSR count). The van der Waals surface area contributed by atoms with E-state index in [-0.39, 0.29) is 6.04 Å². The molecule has 0 radical (unpaired) electrons. The van der Waals surface area contributed by atoms with Crippen LogP contribution in [0.25, 0.3) is 0 Å². The summed E-state index contributed by atoms with van der Waals surface area (Å²) in [6.07, 6.45) is 3.21. The molecule has 0 aromatic heterocycles. The lowest BCUT2D eigenvalue weighted by Gasteiger charge is -2.27. The van der Waals surface area contributed by atoms with E-state index in [0.717, 1.165) is 29.7 Å². The summed E-state index contributed by atoms with van der Waals surface area (Å²) < 4.78 is 28.7. The molecule has 1 unspecified atom stereocenters. The average Bonchev–Trinajstić information content (AvgIpc) is 2.58. The largest absolute Gasteiger partial charge is 0.493 e. The zero-order chi connectivity index (χ0) is 15.7. The van der Waals surface area contributed by atoms with E-state index in [1.165, 1.54) is 6.26 Å². The first-order valence-corrected chi connectivity index (χ1v) is 9.27. The minimum atomic E-state index is -3.09. The molecule has 5 heteroatoms. The molecule has 118 valence electrons. The number of aryl methyl sites for hydroxylation is 1. The number of para-hydroxylation sites is 1. The van der Waals surface area contributed by atoms with Crippen LogP contribution in [0.15, 0.2) is 18.2 Å². The number of hydrogen-bond donors (Lipinski definition) is 1. The first-order chi connectivity index (χ1) is 9.72. The Kier molecular flexibility index (Phi) is 4.63. The average molecular weight is 311 g/mol. The van der Waals surface area contributed by atoms with Gasteiger partial charge in [0, 0.05) is 24.4 Å². The number of sulfone groups is 1. The molecular formula is C16H25NO3S. The fraction of sp³-hybridized carbons (Fsp3) is 0.625. The van der Waals surface area contributed by atoms with Crippen molar-refractivity contribution in [3.05, 3.63) is 29.3 Å². The van der Waals surface area contributed by atoms with Gasteiger partial charge in [0.15, 0.2) is 9.84 Å². The summed E-state index contributed by atoms with van der Waals surface area (Å²) in [6.45, 7) is 6.72. The van der Waals surface area contributed by atoms with Crippen LogP contribution in [-0.4, -0.2) is 32.6 Å². The number of nitrogens with one attached hydrogen (secondary N) is 1. The minimum absolute atomic E-state index is 0.142. The van der Waals surface area contributed by atoms with Gasteiger partial charge in [-0.1, -0.05) is 18.2 Å². The highest BCUT2D eigenvalue weighted by atomic mass is 32.2. The molecule has 0 bridgehead atoms. The fourth-order valence-electron chi connectivity index (χ4n) is 2.48. The van der Waals surface area contributed by atoms with E-state index < -0.39 is 14.6 Å². The monoisotopic (exact) mass is 311 g/mol. The number of benzene rings is 1. The molecule has 0 saturated carbocycles. The van der Waals surface area contributed by atoms with Gasteiger partial charge in [-0.25, -0.2) is 8.42 Å². The van der Waals surface area contributed by atoms with Gasteiger partial charge in [0.05, 0.1) is 11.4 Å². The van der Waals surface area contributed by atoms with Crippen molar-refractivity contribution >= 4 is 9.84 Å². The molecule has 4 nitrogen and oxygen atoms in total. The van der Waals surface area contributed by atoms with Gasteiger partial charge >= 0.3 is 0 Å². The van der Waals surface area contributed by atoms with Crippen LogP contribution >= 0.6 is 0 Å². The summed E-state index contributed by atoms with van der Waals surface area (Å²) in [7, 11) is -3.09. The Bertz CT molecular complexity index is 608. The van der Waals surface area contributed by atoms with Crippen LogP contribution in [0.2, 0.25) is 0 Å². The topological polar surface area (TPSA) is 55.4 Å². The first-order valence-electron chi connectivity index (χ1n) is 7.38. The summed E-state index contributed by atoms with van der Waals surface area (Å²) in [5.74, 6) is 0.949. The van der Waals surface area contributed by atoms with Gasteiger partial charge in [0.2, 0.25) is 0 Å². The minimum Gasteiger partial charge on any atom is -0.493 e. The zero-order valence-corrected chi connectivity index (χ0v) is 14.1. The number of ether oxygens (including phenoxy) is 1. The third kappa shape index (κ3) is 3.58. The number of fused-ring (bicyclic) bond motifs is 1. The second kappa shape index (κ2) is 5.97. The predicted molar refractivity (Wildman–Crippen MR) is 85.6 cm³/mol. The van der Waals surface area contributed by atoms with E-state index in [4.69, 9.17) is 4.74 Å². The standard InChI is InChI=1S/C16H25NO3S/c1-12-7-5-8-13-14(9-6-10-20-15(12)13)17-11-16(2,3)21(4,18)19/h5,7-8,14,17H,6,9-11H2,1-4H3. The molecule has 21 heavy (non-hydrogen) atoms. The summed E-state index contributed by atoms with van der Waals surface area (Å²) >= 11 is 0. The van der Waals surface area contributed by atoms with Crippen LogP contribution in [0.1, 0.15) is 43.9 Å². The maximum atomic E-state index is 11.8. The van der Waals surface area contributed by atoms with Crippen molar-refractivity contribution in [2.45, 2.75) is 44.4 Å². The van der Waals surface area contributed by atoms with E-state index in [1.54, 1.807) is 13.8 Å². The Balaban J connectivity index is 2.20. The Hall–Kier alpha value is -1.07. The van der Waals surface area contributed by atoms with Crippen LogP contribution in [-0.2, 0) is 9.84 Å². The summed E-state index contributed by atoms with van der Waals surface area (Å²) in [6, 6.07) is 6.28. The molecular weight excluding hydrogens is 286 g/mol. The molecule has 1 aromatic rings. The maximum absolute atomic E-state index is 11.8. The zero-order valence-electron chi connectivity index (χ0n) is 13.3. The lowest BCUT2D eigenvalue weighted by molar-refractivity contribution is 0.313.